The van der Waals surface area contributed by atoms with Crippen LogP contribution in [0, 0.1) is 0 Å². The van der Waals surface area contributed by atoms with Gasteiger partial charge in [0, 0.05) is 10.0 Å². The molecule has 112 valence electrons. The summed E-state index contributed by atoms with van der Waals surface area (Å²) >= 11 is 3.35. The minimum Gasteiger partial charge on any atom is -0.496 e. The summed E-state index contributed by atoms with van der Waals surface area (Å²) in [6.45, 7) is 3.52. The van der Waals surface area contributed by atoms with Gasteiger partial charge in [-0.05, 0) is 31.5 Å². The van der Waals surface area contributed by atoms with Crippen molar-refractivity contribution in [3.05, 3.63) is 28.2 Å². The number of hydrogen-bond donors (Lipinski definition) is 1. The van der Waals surface area contributed by atoms with Crippen molar-refractivity contribution >= 4 is 34.1 Å². The highest BCUT2D eigenvalue weighted by Crippen LogP contribution is 2.23. The molecular formula is C14H16BrN3O3. The van der Waals surface area contributed by atoms with Crippen molar-refractivity contribution in [3.63, 3.8) is 0 Å². The predicted octanol–water partition coefficient (Wildman–Crippen LogP) is 2.51. The number of hydrogen-bond acceptors (Lipinski definition) is 4. The summed E-state index contributed by atoms with van der Waals surface area (Å²) in [6.07, 6.45) is 1.94. The number of halogens is 1. The maximum Gasteiger partial charge on any atom is 0.346 e. The third-order valence-electron chi connectivity index (χ3n) is 3.45. The lowest BCUT2D eigenvalue weighted by atomic mass is 10.00. The predicted molar refractivity (Wildman–Crippen MR) is 82.4 cm³/mol. The number of methoxy groups -OCH3 is 1. The van der Waals surface area contributed by atoms with Crippen LogP contribution in [0.3, 0.4) is 0 Å². The smallest absolute Gasteiger partial charge is 0.346 e. The molecule has 7 heteroatoms. The zero-order valence-electron chi connectivity index (χ0n) is 12.0. The Kier molecular flexibility index (Phi) is 4.32. The van der Waals surface area contributed by atoms with Crippen molar-refractivity contribution in [3.8, 4) is 5.75 Å². The average molecular weight is 354 g/mol. The monoisotopic (exact) mass is 353 g/mol. The number of benzene rings is 1. The van der Waals surface area contributed by atoms with Gasteiger partial charge in [-0.1, -0.05) is 22.9 Å². The molecule has 1 unspecified atom stereocenters. The van der Waals surface area contributed by atoms with Gasteiger partial charge >= 0.3 is 6.03 Å². The lowest BCUT2D eigenvalue weighted by Gasteiger charge is -2.17. The first kappa shape index (κ1) is 15.5. The van der Waals surface area contributed by atoms with Crippen LogP contribution in [-0.4, -0.2) is 35.8 Å². The van der Waals surface area contributed by atoms with Crippen LogP contribution >= 0.6 is 15.9 Å². The molecule has 0 aromatic heterocycles. The largest absolute Gasteiger partial charge is 0.496 e. The summed E-state index contributed by atoms with van der Waals surface area (Å²) < 4.78 is 6.06. The number of nitrogens with one attached hydrogen (secondary N) is 1. The fourth-order valence-corrected chi connectivity index (χ4v) is 2.32. The first-order valence-corrected chi connectivity index (χ1v) is 7.25. The standard InChI is InChI=1S/C14H16BrN3O3/c1-4-14(2)12(19)18(13(20)17-14)16-8-9-7-10(15)5-6-11(9)21-3/h5-8H,4H2,1-3H3,(H,17,20)/b16-8+. The van der Waals surface area contributed by atoms with Crippen LogP contribution in [0.25, 0.3) is 0 Å². The van der Waals surface area contributed by atoms with Crippen molar-refractivity contribution in [1.29, 1.82) is 0 Å². The van der Waals surface area contributed by atoms with Crippen LogP contribution < -0.4 is 10.1 Å². The van der Waals surface area contributed by atoms with Crippen molar-refractivity contribution in [1.82, 2.24) is 10.3 Å². The van der Waals surface area contributed by atoms with E-state index >= 15 is 0 Å². The molecule has 0 saturated carbocycles. The zero-order chi connectivity index (χ0) is 15.6. The normalized spacial score (nSPS) is 22.0. The number of ether oxygens (including phenoxy) is 1. The van der Waals surface area contributed by atoms with Crippen LogP contribution in [-0.2, 0) is 4.79 Å². The molecule has 21 heavy (non-hydrogen) atoms. The minimum absolute atomic E-state index is 0.361. The summed E-state index contributed by atoms with van der Waals surface area (Å²) in [5, 5.41) is 7.48. The van der Waals surface area contributed by atoms with Gasteiger partial charge in [0.15, 0.2) is 0 Å². The van der Waals surface area contributed by atoms with Gasteiger partial charge in [0.1, 0.15) is 11.3 Å². The maximum atomic E-state index is 12.2. The Hall–Kier alpha value is -1.89. The number of nitrogens with zero attached hydrogens (tertiary/aromatic N) is 2. The average Bonchev–Trinajstić information content (AvgIpc) is 2.68. The fourth-order valence-electron chi connectivity index (χ4n) is 1.94. The van der Waals surface area contributed by atoms with Gasteiger partial charge in [0.2, 0.25) is 0 Å². The van der Waals surface area contributed by atoms with Gasteiger partial charge in [-0.3, -0.25) is 4.79 Å². The molecule has 0 bridgehead atoms. The van der Waals surface area contributed by atoms with E-state index in [1.165, 1.54) is 6.21 Å². The van der Waals surface area contributed by atoms with Crippen molar-refractivity contribution < 1.29 is 14.3 Å². The van der Waals surface area contributed by atoms with E-state index in [1.54, 1.807) is 26.2 Å². The van der Waals surface area contributed by atoms with Crippen molar-refractivity contribution in [2.75, 3.05) is 7.11 Å². The van der Waals surface area contributed by atoms with Crippen LogP contribution in [0.4, 0.5) is 4.79 Å². The van der Waals surface area contributed by atoms with Crippen LogP contribution in [0.1, 0.15) is 25.8 Å². The molecule has 2 rings (SSSR count). The molecule has 0 spiro atoms. The molecule has 0 aliphatic carbocycles. The van der Waals surface area contributed by atoms with E-state index < -0.39 is 11.6 Å². The van der Waals surface area contributed by atoms with Crippen LogP contribution in [0.2, 0.25) is 0 Å². The Morgan fingerprint density at radius 3 is 2.76 bits per heavy atom. The highest BCUT2D eigenvalue weighted by atomic mass is 79.9. The van der Waals surface area contributed by atoms with Crippen LogP contribution in [0.5, 0.6) is 5.75 Å². The third kappa shape index (κ3) is 2.92. The molecule has 1 aromatic carbocycles. The molecule has 1 aliphatic rings. The quantitative estimate of drug-likeness (QED) is 0.667. The first-order chi connectivity index (χ1) is 9.91. The van der Waals surface area contributed by atoms with E-state index in [4.69, 9.17) is 4.74 Å². The zero-order valence-corrected chi connectivity index (χ0v) is 13.6. The Morgan fingerprint density at radius 2 is 2.19 bits per heavy atom. The number of rotatable bonds is 4. The second-order valence-corrected chi connectivity index (χ2v) is 5.78. The summed E-state index contributed by atoms with van der Waals surface area (Å²) in [7, 11) is 1.54. The van der Waals surface area contributed by atoms with E-state index in [9.17, 15) is 9.59 Å². The SMILES string of the molecule is CCC1(C)NC(=O)N(/N=C/c2cc(Br)ccc2OC)C1=O. The van der Waals surface area contributed by atoms with E-state index in [0.717, 1.165) is 9.48 Å². The molecular weight excluding hydrogens is 338 g/mol. The Morgan fingerprint density at radius 1 is 1.48 bits per heavy atom. The van der Waals surface area contributed by atoms with Crippen molar-refractivity contribution in [2.24, 2.45) is 5.10 Å². The Labute approximate surface area is 131 Å². The Bertz CT molecular complexity index is 617. The van der Waals surface area contributed by atoms with Gasteiger partial charge in [0.25, 0.3) is 5.91 Å². The van der Waals surface area contributed by atoms with E-state index in [2.05, 4.69) is 26.3 Å². The van der Waals surface area contributed by atoms with E-state index in [-0.39, 0.29) is 5.91 Å². The van der Waals surface area contributed by atoms with Gasteiger partial charge in [-0.25, -0.2) is 4.79 Å². The first-order valence-electron chi connectivity index (χ1n) is 6.45. The van der Waals surface area contributed by atoms with E-state index in [1.807, 2.05) is 13.0 Å². The lowest BCUT2D eigenvalue weighted by molar-refractivity contribution is -0.130. The molecule has 0 radical (unpaired) electrons. The lowest BCUT2D eigenvalue weighted by Crippen LogP contribution is -2.42. The molecule has 3 amide bonds. The second kappa shape index (κ2) is 5.85. The fraction of sp³-hybridized carbons (Fsp3) is 0.357. The summed E-state index contributed by atoms with van der Waals surface area (Å²) in [6, 6.07) is 4.88. The van der Waals surface area contributed by atoms with Gasteiger partial charge in [-0.15, -0.1) is 5.01 Å². The minimum atomic E-state index is -0.893. The number of amides is 3. The number of urea groups is 1. The van der Waals surface area contributed by atoms with Gasteiger partial charge < -0.3 is 10.1 Å². The summed E-state index contributed by atoms with van der Waals surface area (Å²) in [5.41, 5.74) is -0.229. The number of imide groups is 1. The molecule has 1 aromatic rings. The van der Waals surface area contributed by atoms with Gasteiger partial charge in [-0.2, -0.15) is 5.10 Å². The topological polar surface area (TPSA) is 71.0 Å². The Balaban J connectivity index is 2.28. The molecule has 1 atom stereocenters. The van der Waals surface area contributed by atoms with Gasteiger partial charge in [0.05, 0.1) is 13.3 Å². The van der Waals surface area contributed by atoms with Crippen LogP contribution in [0.15, 0.2) is 27.8 Å². The molecule has 6 nitrogen and oxygen atoms in total. The van der Waals surface area contributed by atoms with E-state index in [0.29, 0.717) is 17.7 Å². The number of hydrazone groups is 1. The third-order valence-corrected chi connectivity index (χ3v) is 3.94. The number of carbonyl (C=O) groups is 2. The highest BCUT2D eigenvalue weighted by Gasteiger charge is 2.46. The molecule has 1 heterocycles. The maximum absolute atomic E-state index is 12.2. The molecule has 1 aliphatic heterocycles. The number of carbonyl (C=O) groups excluding carboxylic acids is 2. The molecule has 1 N–H and O–H groups in total. The summed E-state index contributed by atoms with van der Waals surface area (Å²) in [5.74, 6) is 0.243. The second-order valence-electron chi connectivity index (χ2n) is 4.86. The van der Waals surface area contributed by atoms with Crippen molar-refractivity contribution in [2.45, 2.75) is 25.8 Å². The molecule has 1 saturated heterocycles. The highest BCUT2D eigenvalue weighted by molar-refractivity contribution is 9.10. The summed E-state index contributed by atoms with van der Waals surface area (Å²) in [4.78, 5) is 24.0. The molecule has 1 fully saturated rings.